The van der Waals surface area contributed by atoms with E-state index < -0.39 is 9.84 Å². The maximum Gasteiger partial charge on any atom is 0.150 e. The molecule has 84 valence electrons. The summed E-state index contributed by atoms with van der Waals surface area (Å²) in [5.41, 5.74) is 5.77. The van der Waals surface area contributed by atoms with Crippen molar-refractivity contribution in [3.63, 3.8) is 0 Å². The molecule has 1 saturated carbocycles. The maximum absolute atomic E-state index is 11.4. The molecule has 1 fully saturated rings. The highest BCUT2D eigenvalue weighted by molar-refractivity contribution is 7.91. The Kier molecular flexibility index (Phi) is 3.26. The lowest BCUT2D eigenvalue weighted by molar-refractivity contribution is 0.241. The molecule has 0 bridgehead atoms. The largest absolute Gasteiger partial charge is 0.325 e. The van der Waals surface area contributed by atoms with Gasteiger partial charge in [0.05, 0.1) is 5.25 Å². The zero-order valence-electron chi connectivity index (χ0n) is 9.29. The molecule has 0 amide bonds. The Hall–Kier alpha value is -0.0900. The van der Waals surface area contributed by atoms with Crippen molar-refractivity contribution in [1.29, 1.82) is 0 Å². The molecule has 0 radical (unpaired) electrons. The molecule has 0 heterocycles. The van der Waals surface area contributed by atoms with Crippen molar-refractivity contribution >= 4 is 9.84 Å². The SMILES string of the molecule is CC(C)(N)C1CCCC(S(C)(=O)=O)C1. The summed E-state index contributed by atoms with van der Waals surface area (Å²) >= 11 is 0. The van der Waals surface area contributed by atoms with E-state index in [2.05, 4.69) is 0 Å². The van der Waals surface area contributed by atoms with E-state index >= 15 is 0 Å². The summed E-state index contributed by atoms with van der Waals surface area (Å²) in [6.07, 6.45) is 4.94. The fourth-order valence-electron chi connectivity index (χ4n) is 2.21. The minimum absolute atomic E-state index is 0.163. The zero-order valence-corrected chi connectivity index (χ0v) is 10.1. The van der Waals surface area contributed by atoms with Crippen LogP contribution in [0.5, 0.6) is 0 Å². The Morgan fingerprint density at radius 2 is 1.86 bits per heavy atom. The van der Waals surface area contributed by atoms with Gasteiger partial charge in [-0.15, -0.1) is 0 Å². The first-order chi connectivity index (χ1) is 6.21. The molecule has 4 heteroatoms. The van der Waals surface area contributed by atoms with E-state index in [0.717, 1.165) is 25.7 Å². The first kappa shape index (κ1) is 12.0. The Morgan fingerprint density at radius 1 is 1.29 bits per heavy atom. The second kappa shape index (κ2) is 3.81. The van der Waals surface area contributed by atoms with Gasteiger partial charge in [0.2, 0.25) is 0 Å². The molecular weight excluding hydrogens is 198 g/mol. The third-order valence-electron chi connectivity index (χ3n) is 3.28. The van der Waals surface area contributed by atoms with Gasteiger partial charge < -0.3 is 5.73 Å². The van der Waals surface area contributed by atoms with Gasteiger partial charge in [0, 0.05) is 11.8 Å². The van der Waals surface area contributed by atoms with E-state index in [4.69, 9.17) is 5.73 Å². The molecule has 2 atom stereocenters. The lowest BCUT2D eigenvalue weighted by Gasteiger charge is -2.36. The monoisotopic (exact) mass is 219 g/mol. The molecule has 0 aromatic rings. The van der Waals surface area contributed by atoms with E-state index in [9.17, 15) is 8.42 Å². The van der Waals surface area contributed by atoms with Crippen LogP contribution in [-0.4, -0.2) is 25.5 Å². The molecular formula is C10H21NO2S. The number of nitrogens with two attached hydrogens (primary N) is 1. The van der Waals surface area contributed by atoms with Gasteiger partial charge in [-0.25, -0.2) is 8.42 Å². The van der Waals surface area contributed by atoms with Gasteiger partial charge in [-0.3, -0.25) is 0 Å². The first-order valence-corrected chi connectivity index (χ1v) is 7.14. The van der Waals surface area contributed by atoms with Crippen LogP contribution in [0.25, 0.3) is 0 Å². The van der Waals surface area contributed by atoms with Crippen molar-refractivity contribution in [2.75, 3.05) is 6.26 Å². The van der Waals surface area contributed by atoms with Crippen LogP contribution in [-0.2, 0) is 9.84 Å². The standard InChI is InChI=1S/C10H21NO2S/c1-10(2,11)8-5-4-6-9(7-8)14(3,12)13/h8-9H,4-7,11H2,1-3H3. The fourth-order valence-corrected chi connectivity index (χ4v) is 3.39. The quantitative estimate of drug-likeness (QED) is 0.762. The molecule has 1 aliphatic carbocycles. The third-order valence-corrected chi connectivity index (χ3v) is 4.92. The van der Waals surface area contributed by atoms with Gasteiger partial charge in [-0.1, -0.05) is 6.42 Å². The van der Waals surface area contributed by atoms with Crippen LogP contribution in [0.2, 0.25) is 0 Å². The van der Waals surface area contributed by atoms with Crippen LogP contribution in [0.15, 0.2) is 0 Å². The molecule has 1 aliphatic rings. The number of rotatable bonds is 2. The minimum atomic E-state index is -2.87. The number of hydrogen-bond donors (Lipinski definition) is 1. The second-order valence-electron chi connectivity index (χ2n) is 5.14. The maximum atomic E-state index is 11.4. The van der Waals surface area contributed by atoms with Crippen molar-refractivity contribution in [2.45, 2.75) is 50.3 Å². The summed E-state index contributed by atoms with van der Waals surface area (Å²) in [4.78, 5) is 0. The van der Waals surface area contributed by atoms with Gasteiger partial charge in [-0.2, -0.15) is 0 Å². The molecule has 2 unspecified atom stereocenters. The highest BCUT2D eigenvalue weighted by Gasteiger charge is 2.34. The molecule has 0 aromatic heterocycles. The first-order valence-electron chi connectivity index (χ1n) is 5.19. The predicted molar refractivity (Wildman–Crippen MR) is 58.9 cm³/mol. The van der Waals surface area contributed by atoms with E-state index in [-0.39, 0.29) is 10.8 Å². The molecule has 0 spiro atoms. The van der Waals surface area contributed by atoms with Crippen molar-refractivity contribution in [3.8, 4) is 0 Å². The summed E-state index contributed by atoms with van der Waals surface area (Å²) in [6.45, 7) is 3.98. The van der Waals surface area contributed by atoms with Gasteiger partial charge in [0.25, 0.3) is 0 Å². The highest BCUT2D eigenvalue weighted by atomic mass is 32.2. The van der Waals surface area contributed by atoms with Crippen LogP contribution in [0.4, 0.5) is 0 Å². The Labute approximate surface area is 87.0 Å². The molecule has 0 aliphatic heterocycles. The van der Waals surface area contributed by atoms with Crippen LogP contribution in [0.3, 0.4) is 0 Å². The van der Waals surface area contributed by atoms with Gasteiger partial charge in [0.1, 0.15) is 9.84 Å². The number of sulfone groups is 1. The predicted octanol–water partition coefficient (Wildman–Crippen LogP) is 1.33. The number of hydrogen-bond acceptors (Lipinski definition) is 3. The van der Waals surface area contributed by atoms with Crippen molar-refractivity contribution in [2.24, 2.45) is 11.7 Å². The lowest BCUT2D eigenvalue weighted by atomic mass is 9.77. The molecule has 2 N–H and O–H groups in total. The van der Waals surface area contributed by atoms with Gasteiger partial charge >= 0.3 is 0 Å². The molecule has 0 saturated heterocycles. The fraction of sp³-hybridized carbons (Fsp3) is 1.00. The summed E-state index contributed by atoms with van der Waals surface area (Å²) in [5, 5.41) is -0.163. The summed E-state index contributed by atoms with van der Waals surface area (Å²) in [7, 11) is -2.87. The topological polar surface area (TPSA) is 60.2 Å². The third kappa shape index (κ3) is 2.95. The molecule has 0 aromatic carbocycles. The summed E-state index contributed by atoms with van der Waals surface area (Å²) < 4.78 is 22.8. The molecule has 3 nitrogen and oxygen atoms in total. The van der Waals surface area contributed by atoms with Crippen molar-refractivity contribution in [3.05, 3.63) is 0 Å². The van der Waals surface area contributed by atoms with Gasteiger partial charge in [-0.05, 0) is 39.0 Å². The van der Waals surface area contributed by atoms with E-state index in [0.29, 0.717) is 5.92 Å². The average Bonchev–Trinajstić information content (AvgIpc) is 2.01. The van der Waals surface area contributed by atoms with Crippen LogP contribution < -0.4 is 5.73 Å². The van der Waals surface area contributed by atoms with Crippen LogP contribution in [0.1, 0.15) is 39.5 Å². The minimum Gasteiger partial charge on any atom is -0.325 e. The van der Waals surface area contributed by atoms with E-state index in [1.54, 1.807) is 0 Å². The second-order valence-corrected chi connectivity index (χ2v) is 7.46. The molecule has 14 heavy (non-hydrogen) atoms. The van der Waals surface area contributed by atoms with Crippen LogP contribution in [0, 0.1) is 5.92 Å². The van der Waals surface area contributed by atoms with Crippen molar-refractivity contribution in [1.82, 2.24) is 0 Å². The Morgan fingerprint density at radius 3 is 2.29 bits per heavy atom. The lowest BCUT2D eigenvalue weighted by Crippen LogP contribution is -2.45. The smallest absolute Gasteiger partial charge is 0.150 e. The van der Waals surface area contributed by atoms with Crippen LogP contribution >= 0.6 is 0 Å². The Bertz CT molecular complexity index is 290. The normalized spacial score (nSPS) is 30.3. The molecule has 1 rings (SSSR count). The zero-order chi connectivity index (χ0) is 11.0. The average molecular weight is 219 g/mol. The summed E-state index contributed by atoms with van der Waals surface area (Å²) in [5.74, 6) is 0.343. The Balaban J connectivity index is 2.71. The van der Waals surface area contributed by atoms with Crippen molar-refractivity contribution < 1.29 is 8.42 Å². The van der Waals surface area contributed by atoms with E-state index in [1.807, 2.05) is 13.8 Å². The van der Waals surface area contributed by atoms with E-state index in [1.165, 1.54) is 6.26 Å². The highest BCUT2D eigenvalue weighted by Crippen LogP contribution is 2.33. The van der Waals surface area contributed by atoms with Gasteiger partial charge in [0.15, 0.2) is 0 Å². The summed E-state index contributed by atoms with van der Waals surface area (Å²) in [6, 6.07) is 0.